The maximum Gasteiger partial charge on any atom is 0.326 e. The van der Waals surface area contributed by atoms with Gasteiger partial charge >= 0.3 is 5.97 Å². The number of thioether (sulfide) groups is 1. The van der Waals surface area contributed by atoms with Crippen LogP contribution in [0.4, 0.5) is 0 Å². The molecule has 2 aromatic rings. The summed E-state index contributed by atoms with van der Waals surface area (Å²) in [7, 11) is 0. The summed E-state index contributed by atoms with van der Waals surface area (Å²) in [6, 6.07) is 13.6. The number of nitrogens with one attached hydrogen (secondary N) is 2. The van der Waals surface area contributed by atoms with E-state index in [2.05, 4.69) is 10.6 Å². The van der Waals surface area contributed by atoms with Gasteiger partial charge in [-0.3, -0.25) is 14.4 Å². The molecule has 2 aliphatic heterocycles. The Morgan fingerprint density at radius 3 is 2.30 bits per heavy atom. The van der Waals surface area contributed by atoms with E-state index in [1.807, 2.05) is 58.0 Å². The van der Waals surface area contributed by atoms with Crippen molar-refractivity contribution < 1.29 is 24.3 Å². The lowest BCUT2D eigenvalue weighted by molar-refractivity contribution is -0.142. The third-order valence-corrected chi connectivity index (χ3v) is 8.32. The average Bonchev–Trinajstić information content (AvgIpc) is 3.27. The molecule has 1 fully saturated rings. The Morgan fingerprint density at radius 2 is 1.65 bits per heavy atom. The first-order valence-corrected chi connectivity index (χ1v) is 13.3. The summed E-state index contributed by atoms with van der Waals surface area (Å²) < 4.78 is -0.590. The summed E-state index contributed by atoms with van der Waals surface area (Å²) in [5, 5.41) is 14.9. The number of hydrogen-bond acceptors (Lipinski definition) is 5. The fraction of sp³-hybridized carbons (Fsp3) is 0.429. The SMILES string of the molecule is CC(C)C[C@H](NC(=O)[C@H]1N2C(=O)c3ccccc3[C@H]2SC1(C)C)C(=O)N[C@@H](Cc1ccccc1)C(=O)O. The number of nitrogens with zero attached hydrogens (tertiary/aromatic N) is 1. The van der Waals surface area contributed by atoms with E-state index in [0.29, 0.717) is 12.0 Å². The molecule has 196 valence electrons. The number of carboxylic acids is 1. The van der Waals surface area contributed by atoms with Crippen LogP contribution in [0, 0.1) is 5.92 Å². The summed E-state index contributed by atoms with van der Waals surface area (Å²) in [6.07, 6.45) is 0.450. The van der Waals surface area contributed by atoms with Crippen molar-refractivity contribution in [3.05, 3.63) is 71.3 Å². The summed E-state index contributed by atoms with van der Waals surface area (Å²) in [5.41, 5.74) is 2.26. The largest absolute Gasteiger partial charge is 0.480 e. The lowest BCUT2D eigenvalue weighted by atomic mass is 9.98. The quantitative estimate of drug-likeness (QED) is 0.464. The number of carboxylic acid groups (broad SMARTS) is 1. The number of aliphatic carboxylic acids is 1. The van der Waals surface area contributed by atoms with Gasteiger partial charge in [-0.05, 0) is 43.4 Å². The minimum absolute atomic E-state index is 0.0600. The molecule has 0 radical (unpaired) electrons. The van der Waals surface area contributed by atoms with Gasteiger partial charge in [0.15, 0.2) is 0 Å². The first kappa shape index (κ1) is 26.7. The predicted molar refractivity (Wildman–Crippen MR) is 142 cm³/mol. The van der Waals surface area contributed by atoms with Gasteiger partial charge in [-0.2, -0.15) is 0 Å². The smallest absolute Gasteiger partial charge is 0.326 e. The Balaban J connectivity index is 1.53. The van der Waals surface area contributed by atoms with Crippen LogP contribution in [0.3, 0.4) is 0 Å². The van der Waals surface area contributed by atoms with E-state index in [4.69, 9.17) is 0 Å². The zero-order chi connectivity index (χ0) is 26.9. The molecular weight excluding hydrogens is 490 g/mol. The van der Waals surface area contributed by atoms with Gasteiger partial charge in [-0.25, -0.2) is 4.79 Å². The van der Waals surface area contributed by atoms with Crippen LogP contribution in [-0.4, -0.2) is 56.6 Å². The molecule has 8 nitrogen and oxygen atoms in total. The maximum absolute atomic E-state index is 13.7. The second-order valence-electron chi connectivity index (χ2n) is 10.6. The number of hydrogen-bond donors (Lipinski definition) is 3. The minimum atomic E-state index is -1.15. The van der Waals surface area contributed by atoms with Crippen molar-refractivity contribution in [1.82, 2.24) is 15.5 Å². The van der Waals surface area contributed by atoms with Crippen LogP contribution in [-0.2, 0) is 20.8 Å². The minimum Gasteiger partial charge on any atom is -0.480 e. The van der Waals surface area contributed by atoms with E-state index in [0.717, 1.165) is 11.1 Å². The Morgan fingerprint density at radius 1 is 1.00 bits per heavy atom. The molecule has 4 atom stereocenters. The Bertz CT molecular complexity index is 1200. The van der Waals surface area contributed by atoms with Crippen LogP contribution in [0.2, 0.25) is 0 Å². The van der Waals surface area contributed by atoms with E-state index in [1.54, 1.807) is 40.9 Å². The first-order chi connectivity index (χ1) is 17.5. The van der Waals surface area contributed by atoms with Gasteiger partial charge in [0.25, 0.3) is 5.91 Å². The molecule has 2 aliphatic rings. The van der Waals surface area contributed by atoms with Crippen molar-refractivity contribution in [1.29, 1.82) is 0 Å². The number of rotatable bonds is 9. The van der Waals surface area contributed by atoms with E-state index in [-0.39, 0.29) is 23.6 Å². The second kappa shape index (κ2) is 10.6. The van der Waals surface area contributed by atoms with Gasteiger partial charge in [0.05, 0.1) is 0 Å². The zero-order valence-electron chi connectivity index (χ0n) is 21.4. The molecule has 3 amide bonds. The molecule has 0 bridgehead atoms. The summed E-state index contributed by atoms with van der Waals surface area (Å²) in [4.78, 5) is 53.8. The highest BCUT2D eigenvalue weighted by Crippen LogP contribution is 2.56. The van der Waals surface area contributed by atoms with E-state index in [1.165, 1.54) is 0 Å². The highest BCUT2D eigenvalue weighted by Gasteiger charge is 2.57. The normalized spacial score (nSPS) is 21.2. The standard InChI is InChI=1S/C28H33N3O5S/c1-16(2)14-20(23(32)30-21(27(35)36)15-17-10-6-5-7-11-17)29-24(33)22-28(3,4)37-26-19-13-9-8-12-18(19)25(34)31(22)26/h5-13,16,20-22,26H,14-15H2,1-4H3,(H,29,33)(H,30,32)(H,35,36)/t20-,21-,22+,26+/m0/s1. The van der Waals surface area contributed by atoms with Crippen LogP contribution >= 0.6 is 11.8 Å². The molecule has 3 N–H and O–H groups in total. The van der Waals surface area contributed by atoms with Gasteiger partial charge in [0.1, 0.15) is 23.5 Å². The molecule has 2 heterocycles. The van der Waals surface area contributed by atoms with Crippen LogP contribution < -0.4 is 10.6 Å². The predicted octanol–water partition coefficient (Wildman–Crippen LogP) is 3.38. The molecule has 1 saturated heterocycles. The van der Waals surface area contributed by atoms with Crippen molar-refractivity contribution in [3.63, 3.8) is 0 Å². The van der Waals surface area contributed by atoms with Gasteiger partial charge < -0.3 is 20.6 Å². The van der Waals surface area contributed by atoms with Crippen LogP contribution in [0.25, 0.3) is 0 Å². The van der Waals surface area contributed by atoms with Gasteiger partial charge in [0.2, 0.25) is 11.8 Å². The molecule has 37 heavy (non-hydrogen) atoms. The summed E-state index contributed by atoms with van der Waals surface area (Å²) >= 11 is 1.55. The molecule has 9 heteroatoms. The van der Waals surface area contributed by atoms with Crippen molar-refractivity contribution in [2.45, 2.75) is 68.8 Å². The van der Waals surface area contributed by atoms with Crippen molar-refractivity contribution in [3.8, 4) is 0 Å². The molecule has 2 aromatic carbocycles. The number of carbonyl (C=O) groups is 4. The summed E-state index contributed by atoms with van der Waals surface area (Å²) in [6.45, 7) is 7.70. The average molecular weight is 524 g/mol. The molecule has 4 rings (SSSR count). The van der Waals surface area contributed by atoms with Gasteiger partial charge in [-0.1, -0.05) is 62.4 Å². The highest BCUT2D eigenvalue weighted by molar-refractivity contribution is 8.01. The monoisotopic (exact) mass is 523 g/mol. The van der Waals surface area contributed by atoms with Crippen molar-refractivity contribution in [2.24, 2.45) is 5.92 Å². The third kappa shape index (κ3) is 5.51. The van der Waals surface area contributed by atoms with Crippen molar-refractivity contribution in [2.75, 3.05) is 0 Å². The molecule has 0 spiro atoms. The zero-order valence-corrected chi connectivity index (χ0v) is 22.2. The van der Waals surface area contributed by atoms with Crippen LogP contribution in [0.5, 0.6) is 0 Å². The van der Waals surface area contributed by atoms with E-state index >= 15 is 0 Å². The lowest BCUT2D eigenvalue weighted by Crippen LogP contribution is -2.58. The highest BCUT2D eigenvalue weighted by atomic mass is 32.2. The molecule has 0 unspecified atom stereocenters. The van der Waals surface area contributed by atoms with Gasteiger partial charge in [-0.15, -0.1) is 11.8 Å². The van der Waals surface area contributed by atoms with Crippen LogP contribution in [0.1, 0.15) is 61.0 Å². The number of carbonyl (C=O) groups excluding carboxylic acids is 3. The van der Waals surface area contributed by atoms with Gasteiger partial charge in [0, 0.05) is 16.7 Å². The van der Waals surface area contributed by atoms with E-state index < -0.39 is 40.7 Å². The number of fused-ring (bicyclic) bond motifs is 3. The van der Waals surface area contributed by atoms with Crippen molar-refractivity contribution >= 4 is 35.5 Å². The third-order valence-electron chi connectivity index (χ3n) is 6.78. The fourth-order valence-electron chi connectivity index (χ4n) is 5.08. The maximum atomic E-state index is 13.7. The molecule has 0 saturated carbocycles. The molecule has 0 aromatic heterocycles. The van der Waals surface area contributed by atoms with E-state index in [9.17, 15) is 24.3 Å². The fourth-order valence-corrected chi connectivity index (χ4v) is 6.67. The molecular formula is C28H33N3O5S. The lowest BCUT2D eigenvalue weighted by Gasteiger charge is -2.31. The Labute approximate surface area is 221 Å². The summed E-state index contributed by atoms with van der Waals surface area (Å²) in [5.74, 6) is -2.26. The Kier molecular flexibility index (Phi) is 7.64. The second-order valence-corrected chi connectivity index (χ2v) is 12.3. The number of amides is 3. The number of benzene rings is 2. The topological polar surface area (TPSA) is 116 Å². The van der Waals surface area contributed by atoms with Crippen LogP contribution in [0.15, 0.2) is 54.6 Å². The first-order valence-electron chi connectivity index (χ1n) is 12.5. The molecule has 0 aliphatic carbocycles. The Hall–Kier alpha value is -3.33.